The van der Waals surface area contributed by atoms with Gasteiger partial charge in [-0.3, -0.25) is 0 Å². The second-order valence-electron chi connectivity index (χ2n) is 4.19. The van der Waals surface area contributed by atoms with E-state index in [4.69, 9.17) is 0 Å². The zero-order valence-corrected chi connectivity index (χ0v) is 11.9. The van der Waals surface area contributed by atoms with E-state index in [-0.39, 0.29) is 0 Å². The largest absolute Gasteiger partial charge is 0.373 e. The molecule has 0 atom stereocenters. The molecule has 0 unspecified atom stereocenters. The van der Waals surface area contributed by atoms with E-state index in [2.05, 4.69) is 46.1 Å². The number of anilines is 1. The summed E-state index contributed by atoms with van der Waals surface area (Å²) in [5.41, 5.74) is 1.06. The molecule has 0 spiro atoms. The Kier molecular flexibility index (Phi) is 4.09. The summed E-state index contributed by atoms with van der Waals surface area (Å²) in [6.07, 6.45) is 4.06. The van der Waals surface area contributed by atoms with E-state index in [0.717, 1.165) is 48.1 Å². The molecule has 2 aromatic heterocycles. The highest BCUT2D eigenvalue weighted by molar-refractivity contribution is 5.51. The molecule has 0 saturated carbocycles. The van der Waals surface area contributed by atoms with Crippen molar-refractivity contribution in [3.05, 3.63) is 23.5 Å². The maximum atomic E-state index is 4.54. The van der Waals surface area contributed by atoms with Gasteiger partial charge in [0.25, 0.3) is 0 Å². The smallest absolute Gasteiger partial charge is 0.164 e. The van der Waals surface area contributed by atoms with Crippen molar-refractivity contribution in [3.8, 4) is 5.82 Å². The molecule has 2 aromatic rings. The maximum absolute atomic E-state index is 4.54. The molecule has 0 radical (unpaired) electrons. The summed E-state index contributed by atoms with van der Waals surface area (Å²) >= 11 is 0. The van der Waals surface area contributed by atoms with Crippen molar-refractivity contribution in [2.45, 2.75) is 40.0 Å². The van der Waals surface area contributed by atoms with Gasteiger partial charge in [-0.05, 0) is 6.42 Å². The highest BCUT2D eigenvalue weighted by Crippen LogP contribution is 2.20. The van der Waals surface area contributed by atoms with Crippen LogP contribution in [0.3, 0.4) is 0 Å². The first-order valence-electron chi connectivity index (χ1n) is 6.71. The first-order valence-corrected chi connectivity index (χ1v) is 6.71. The lowest BCUT2D eigenvalue weighted by Gasteiger charge is -2.11. The van der Waals surface area contributed by atoms with Crippen LogP contribution in [0, 0.1) is 0 Å². The normalized spacial score (nSPS) is 10.7. The second-order valence-corrected chi connectivity index (χ2v) is 4.19. The van der Waals surface area contributed by atoms with E-state index in [1.54, 1.807) is 6.33 Å². The third-order valence-corrected chi connectivity index (χ3v) is 3.06. The van der Waals surface area contributed by atoms with Crippen molar-refractivity contribution in [2.75, 3.05) is 12.4 Å². The van der Waals surface area contributed by atoms with Crippen LogP contribution in [0.2, 0.25) is 0 Å². The average Bonchev–Trinajstić information content (AvgIpc) is 2.89. The molecule has 6 nitrogen and oxygen atoms in total. The molecule has 0 aliphatic rings. The average molecular weight is 260 g/mol. The van der Waals surface area contributed by atoms with E-state index in [0.29, 0.717) is 0 Å². The van der Waals surface area contributed by atoms with Crippen molar-refractivity contribution in [3.63, 3.8) is 0 Å². The Balaban J connectivity index is 2.60. The molecule has 1 N–H and O–H groups in total. The number of rotatable bonds is 5. The third-order valence-electron chi connectivity index (χ3n) is 3.06. The van der Waals surface area contributed by atoms with Crippen molar-refractivity contribution in [1.82, 2.24) is 24.7 Å². The second kappa shape index (κ2) is 5.77. The minimum atomic E-state index is 0.825. The quantitative estimate of drug-likeness (QED) is 0.887. The van der Waals surface area contributed by atoms with Crippen LogP contribution < -0.4 is 5.32 Å². The van der Waals surface area contributed by atoms with E-state index in [1.165, 1.54) is 0 Å². The fourth-order valence-corrected chi connectivity index (χ4v) is 2.07. The molecule has 0 aliphatic heterocycles. The van der Waals surface area contributed by atoms with E-state index < -0.39 is 0 Å². The van der Waals surface area contributed by atoms with Crippen molar-refractivity contribution in [2.24, 2.45) is 0 Å². The van der Waals surface area contributed by atoms with E-state index >= 15 is 0 Å². The molecule has 2 heterocycles. The maximum Gasteiger partial charge on any atom is 0.164 e. The van der Waals surface area contributed by atoms with E-state index in [1.807, 2.05) is 11.7 Å². The van der Waals surface area contributed by atoms with Crippen LogP contribution in [0.25, 0.3) is 5.82 Å². The molecular weight excluding hydrogens is 240 g/mol. The number of aryl methyl sites for hydroxylation is 2. The van der Waals surface area contributed by atoms with Gasteiger partial charge in [0.1, 0.15) is 18.0 Å². The van der Waals surface area contributed by atoms with Crippen LogP contribution in [0.15, 0.2) is 6.33 Å². The Labute approximate surface area is 113 Å². The number of aromatic nitrogens is 5. The predicted molar refractivity (Wildman–Crippen MR) is 74.6 cm³/mol. The Morgan fingerprint density at radius 1 is 1.11 bits per heavy atom. The minimum Gasteiger partial charge on any atom is -0.373 e. The molecule has 2 rings (SSSR count). The van der Waals surface area contributed by atoms with Crippen LogP contribution in [0.1, 0.15) is 38.0 Å². The Hall–Kier alpha value is -1.98. The lowest BCUT2D eigenvalue weighted by Crippen LogP contribution is -2.11. The van der Waals surface area contributed by atoms with Gasteiger partial charge in [0.2, 0.25) is 0 Å². The number of nitrogens with one attached hydrogen (secondary N) is 1. The summed E-state index contributed by atoms with van der Waals surface area (Å²) in [5.74, 6) is 3.46. The molecule has 0 amide bonds. The van der Waals surface area contributed by atoms with Crippen LogP contribution in [-0.4, -0.2) is 31.8 Å². The molecule has 0 aliphatic carbocycles. The fourth-order valence-electron chi connectivity index (χ4n) is 2.07. The van der Waals surface area contributed by atoms with Gasteiger partial charge in [-0.2, -0.15) is 4.68 Å². The third kappa shape index (κ3) is 2.43. The first kappa shape index (κ1) is 13.5. The Morgan fingerprint density at radius 2 is 1.89 bits per heavy atom. The summed E-state index contributed by atoms with van der Waals surface area (Å²) in [4.78, 5) is 13.2. The van der Waals surface area contributed by atoms with E-state index in [9.17, 15) is 0 Å². The molecule has 6 heteroatoms. The number of hydrogen-bond donors (Lipinski definition) is 1. The molecular formula is C13H20N6. The lowest BCUT2D eigenvalue weighted by molar-refractivity contribution is 0.753. The molecule has 0 bridgehead atoms. The van der Waals surface area contributed by atoms with Gasteiger partial charge in [0.05, 0.1) is 0 Å². The topological polar surface area (TPSA) is 68.5 Å². The fraction of sp³-hybridized carbons (Fsp3) is 0.538. The summed E-state index contributed by atoms with van der Waals surface area (Å²) in [7, 11) is 1.87. The standard InChI is InChI=1S/C13H20N6/c1-5-9-12(14-4)15-8-16-13(9)19-11(7-3)17-10(6-2)18-19/h8H,5-7H2,1-4H3,(H,14,15,16). The highest BCUT2D eigenvalue weighted by atomic mass is 15.4. The van der Waals surface area contributed by atoms with Gasteiger partial charge >= 0.3 is 0 Å². The first-order chi connectivity index (χ1) is 9.24. The van der Waals surface area contributed by atoms with Crippen LogP contribution in [0.5, 0.6) is 0 Å². The van der Waals surface area contributed by atoms with Gasteiger partial charge in [0, 0.05) is 25.5 Å². The monoisotopic (exact) mass is 260 g/mol. The van der Waals surface area contributed by atoms with Crippen LogP contribution in [0.4, 0.5) is 5.82 Å². The van der Waals surface area contributed by atoms with Gasteiger partial charge in [-0.25, -0.2) is 15.0 Å². The highest BCUT2D eigenvalue weighted by Gasteiger charge is 2.16. The molecule has 0 aromatic carbocycles. The number of hydrogen-bond acceptors (Lipinski definition) is 5. The molecule has 0 fully saturated rings. The van der Waals surface area contributed by atoms with Gasteiger partial charge in [-0.15, -0.1) is 5.10 Å². The van der Waals surface area contributed by atoms with Crippen molar-refractivity contribution >= 4 is 5.82 Å². The van der Waals surface area contributed by atoms with Gasteiger partial charge in [0.15, 0.2) is 11.6 Å². The predicted octanol–water partition coefficient (Wildman–Crippen LogP) is 1.79. The van der Waals surface area contributed by atoms with Crippen LogP contribution >= 0.6 is 0 Å². The van der Waals surface area contributed by atoms with Crippen molar-refractivity contribution < 1.29 is 0 Å². The van der Waals surface area contributed by atoms with Crippen molar-refractivity contribution in [1.29, 1.82) is 0 Å². The summed E-state index contributed by atoms with van der Waals surface area (Å²) in [6, 6.07) is 0. The molecule has 0 saturated heterocycles. The van der Waals surface area contributed by atoms with Gasteiger partial charge < -0.3 is 5.32 Å². The Bertz CT molecular complexity index is 560. The zero-order valence-electron chi connectivity index (χ0n) is 11.9. The number of nitrogens with zero attached hydrogens (tertiary/aromatic N) is 5. The summed E-state index contributed by atoms with van der Waals surface area (Å²) in [5, 5.41) is 7.64. The SMILES string of the molecule is CCc1nc(CC)n(-c2ncnc(NC)c2CC)n1. The lowest BCUT2D eigenvalue weighted by atomic mass is 10.2. The molecule has 19 heavy (non-hydrogen) atoms. The molecule has 102 valence electrons. The summed E-state index contributed by atoms with van der Waals surface area (Å²) in [6.45, 7) is 6.22. The van der Waals surface area contributed by atoms with Crippen LogP contribution in [-0.2, 0) is 19.3 Å². The van der Waals surface area contributed by atoms with Gasteiger partial charge in [-0.1, -0.05) is 20.8 Å². The summed E-state index contributed by atoms with van der Waals surface area (Å²) < 4.78 is 1.85. The Morgan fingerprint density at radius 3 is 2.47 bits per heavy atom. The minimum absolute atomic E-state index is 0.825. The zero-order chi connectivity index (χ0) is 13.8.